The number of aromatic nitrogens is 3. The number of thioether (sulfide) groups is 1. The summed E-state index contributed by atoms with van der Waals surface area (Å²) in [6.07, 6.45) is 1.54. The van der Waals surface area contributed by atoms with Crippen LogP contribution in [-0.4, -0.2) is 43.4 Å². The van der Waals surface area contributed by atoms with Crippen LogP contribution in [0.15, 0.2) is 88.6 Å². The van der Waals surface area contributed by atoms with Crippen LogP contribution in [0.3, 0.4) is 0 Å². The molecular weight excluding hydrogens is 468 g/mol. The van der Waals surface area contributed by atoms with Crippen LogP contribution in [0, 0.1) is 0 Å². The number of nitrogens with zero attached hydrogens (tertiary/aromatic N) is 4. The lowest BCUT2D eigenvalue weighted by Crippen LogP contribution is -2.48. The molecule has 3 heterocycles. The molecule has 35 heavy (non-hydrogen) atoms. The number of imide groups is 1. The highest BCUT2D eigenvalue weighted by atomic mass is 32.2. The maximum Gasteiger partial charge on any atom is 0.344 e. The van der Waals surface area contributed by atoms with Crippen LogP contribution in [0.25, 0.3) is 17.3 Å². The largest absolute Gasteiger partial charge is 0.461 e. The summed E-state index contributed by atoms with van der Waals surface area (Å²) in [5, 5.41) is 12.3. The van der Waals surface area contributed by atoms with Gasteiger partial charge in [-0.2, -0.15) is 5.01 Å². The number of para-hydroxylation sites is 1. The first-order valence-corrected chi connectivity index (χ1v) is 11.6. The summed E-state index contributed by atoms with van der Waals surface area (Å²) < 4.78 is 7.26. The van der Waals surface area contributed by atoms with Crippen molar-refractivity contribution in [3.63, 3.8) is 0 Å². The molecule has 5 rings (SSSR count). The lowest BCUT2D eigenvalue weighted by Gasteiger charge is -2.22. The molecule has 0 spiro atoms. The monoisotopic (exact) mass is 488 g/mol. The molecule has 0 bridgehead atoms. The topological polar surface area (TPSA) is 122 Å². The lowest BCUT2D eigenvalue weighted by atomic mass is 9.92. The molecule has 2 aromatic heterocycles. The van der Waals surface area contributed by atoms with Gasteiger partial charge in [0.2, 0.25) is 11.7 Å². The van der Waals surface area contributed by atoms with Crippen molar-refractivity contribution < 1.29 is 18.8 Å². The Balaban J connectivity index is 1.32. The Hall–Kier alpha value is -4.38. The minimum absolute atomic E-state index is 0.109. The van der Waals surface area contributed by atoms with Gasteiger partial charge in [0.15, 0.2) is 10.9 Å². The Morgan fingerprint density at radius 1 is 1.03 bits per heavy atom. The maximum atomic E-state index is 13.0. The number of carbonyl (C=O) groups excluding carboxylic acids is 3. The van der Waals surface area contributed by atoms with Crippen molar-refractivity contribution in [2.45, 2.75) is 17.6 Å². The van der Waals surface area contributed by atoms with Gasteiger partial charge >= 0.3 is 6.03 Å². The highest BCUT2D eigenvalue weighted by Gasteiger charge is 2.49. The van der Waals surface area contributed by atoms with Gasteiger partial charge in [-0.3, -0.25) is 19.6 Å². The van der Waals surface area contributed by atoms with E-state index in [1.165, 1.54) is 0 Å². The molecule has 1 aliphatic rings. The third kappa shape index (κ3) is 4.17. The van der Waals surface area contributed by atoms with Crippen LogP contribution in [0.4, 0.5) is 4.79 Å². The minimum Gasteiger partial charge on any atom is -0.461 e. The van der Waals surface area contributed by atoms with E-state index in [-0.39, 0.29) is 5.75 Å². The average Bonchev–Trinajstić information content (AvgIpc) is 3.60. The minimum atomic E-state index is -1.27. The third-order valence-electron chi connectivity index (χ3n) is 5.50. The van der Waals surface area contributed by atoms with Gasteiger partial charge in [0.25, 0.3) is 5.91 Å². The molecule has 1 fully saturated rings. The molecule has 1 aliphatic heterocycles. The van der Waals surface area contributed by atoms with Gasteiger partial charge in [0.1, 0.15) is 5.54 Å². The van der Waals surface area contributed by atoms with E-state index in [2.05, 4.69) is 20.9 Å². The number of rotatable bonds is 7. The first-order valence-electron chi connectivity index (χ1n) is 10.7. The van der Waals surface area contributed by atoms with Crippen LogP contribution in [0.5, 0.6) is 0 Å². The van der Waals surface area contributed by atoms with Crippen LogP contribution in [0.1, 0.15) is 12.5 Å². The zero-order chi connectivity index (χ0) is 24.4. The fraction of sp³-hybridized carbons (Fsp3) is 0.125. The van der Waals surface area contributed by atoms with Gasteiger partial charge in [0.05, 0.1) is 12.0 Å². The van der Waals surface area contributed by atoms with E-state index >= 15 is 0 Å². The molecule has 0 radical (unpaired) electrons. The summed E-state index contributed by atoms with van der Waals surface area (Å²) in [7, 11) is 0. The Morgan fingerprint density at radius 2 is 1.74 bits per heavy atom. The Labute approximate surface area is 204 Å². The Morgan fingerprint density at radius 3 is 2.43 bits per heavy atom. The van der Waals surface area contributed by atoms with Crippen molar-refractivity contribution in [2.75, 3.05) is 5.75 Å². The molecule has 0 unspecified atom stereocenters. The van der Waals surface area contributed by atoms with Gasteiger partial charge in [-0.05, 0) is 36.8 Å². The molecule has 0 aliphatic carbocycles. The van der Waals surface area contributed by atoms with Gasteiger partial charge in [-0.1, -0.05) is 60.3 Å². The number of nitrogens with one attached hydrogen (secondary N) is 2. The summed E-state index contributed by atoms with van der Waals surface area (Å²) in [5.74, 6) is -0.214. The molecule has 2 aromatic carbocycles. The number of urea groups is 1. The third-order valence-corrected chi connectivity index (χ3v) is 6.43. The molecule has 11 heteroatoms. The van der Waals surface area contributed by atoms with E-state index in [0.29, 0.717) is 27.3 Å². The summed E-state index contributed by atoms with van der Waals surface area (Å²) >= 11 is 1.12. The zero-order valence-corrected chi connectivity index (χ0v) is 19.4. The van der Waals surface area contributed by atoms with Crippen molar-refractivity contribution in [2.24, 2.45) is 0 Å². The molecule has 4 aromatic rings. The summed E-state index contributed by atoms with van der Waals surface area (Å²) in [4.78, 5) is 38.2. The summed E-state index contributed by atoms with van der Waals surface area (Å²) in [6, 6.07) is 21.1. The number of furan rings is 1. The second-order valence-electron chi connectivity index (χ2n) is 7.84. The summed E-state index contributed by atoms with van der Waals surface area (Å²) in [6.45, 7) is 1.60. The zero-order valence-electron chi connectivity index (χ0n) is 18.5. The van der Waals surface area contributed by atoms with E-state index in [1.54, 1.807) is 54.2 Å². The first-order chi connectivity index (χ1) is 17.0. The van der Waals surface area contributed by atoms with Crippen LogP contribution < -0.4 is 10.7 Å². The summed E-state index contributed by atoms with van der Waals surface area (Å²) in [5.41, 5.74) is 2.54. The standard InChI is InChI=1S/C24H20N6O4S/c1-24(16-9-4-2-5-10-16)21(32)30(22(33)25-24)28-19(31)15-35-23-27-26-20(18-13-8-14-34-18)29(23)17-11-6-3-7-12-17/h2-14H,15H2,1H3,(H,25,33)(H,28,31)/t24-/m1/s1. The van der Waals surface area contributed by atoms with Crippen LogP contribution >= 0.6 is 11.8 Å². The van der Waals surface area contributed by atoms with E-state index in [1.807, 2.05) is 36.4 Å². The molecule has 4 amide bonds. The van der Waals surface area contributed by atoms with Crippen LogP contribution in [-0.2, 0) is 15.1 Å². The fourth-order valence-corrected chi connectivity index (χ4v) is 4.48. The van der Waals surface area contributed by atoms with E-state index in [4.69, 9.17) is 4.42 Å². The molecule has 2 N–H and O–H groups in total. The van der Waals surface area contributed by atoms with Gasteiger partial charge in [0, 0.05) is 5.69 Å². The van der Waals surface area contributed by atoms with Gasteiger partial charge < -0.3 is 9.73 Å². The van der Waals surface area contributed by atoms with E-state index in [9.17, 15) is 14.4 Å². The maximum absolute atomic E-state index is 13.0. The SMILES string of the molecule is C[C@]1(c2ccccc2)NC(=O)N(NC(=O)CSc2nnc(-c3ccco3)n2-c2ccccc2)C1=O. The lowest BCUT2D eigenvalue weighted by molar-refractivity contribution is -0.138. The molecular formula is C24H20N6O4S. The second-order valence-corrected chi connectivity index (χ2v) is 8.78. The predicted molar refractivity (Wildman–Crippen MR) is 127 cm³/mol. The normalized spacial score (nSPS) is 17.5. The smallest absolute Gasteiger partial charge is 0.344 e. The number of hydrazine groups is 1. The number of hydrogen-bond donors (Lipinski definition) is 2. The highest BCUT2D eigenvalue weighted by Crippen LogP contribution is 2.29. The van der Waals surface area contributed by atoms with E-state index < -0.39 is 23.4 Å². The van der Waals surface area contributed by atoms with Crippen molar-refractivity contribution in [3.05, 3.63) is 84.6 Å². The molecule has 10 nitrogen and oxygen atoms in total. The van der Waals surface area contributed by atoms with Gasteiger partial charge in [-0.25, -0.2) is 4.79 Å². The number of carbonyl (C=O) groups is 3. The first kappa shape index (κ1) is 22.4. The Bertz CT molecular complexity index is 1370. The fourth-order valence-electron chi connectivity index (χ4n) is 3.73. The number of hydrogen-bond acceptors (Lipinski definition) is 7. The molecule has 1 saturated heterocycles. The van der Waals surface area contributed by atoms with Crippen LogP contribution in [0.2, 0.25) is 0 Å². The van der Waals surface area contributed by atoms with Crippen molar-refractivity contribution in [1.82, 2.24) is 30.5 Å². The van der Waals surface area contributed by atoms with Gasteiger partial charge in [-0.15, -0.1) is 10.2 Å². The second kappa shape index (κ2) is 9.11. The molecule has 176 valence electrons. The van der Waals surface area contributed by atoms with Crippen molar-refractivity contribution in [1.29, 1.82) is 0 Å². The number of benzene rings is 2. The quantitative estimate of drug-likeness (QED) is 0.303. The predicted octanol–water partition coefficient (Wildman–Crippen LogP) is 3.12. The molecule has 0 saturated carbocycles. The molecule has 1 atom stereocenters. The number of amides is 4. The van der Waals surface area contributed by atoms with Crippen molar-refractivity contribution >= 4 is 29.6 Å². The average molecular weight is 489 g/mol. The van der Waals surface area contributed by atoms with E-state index in [0.717, 1.165) is 17.4 Å². The van der Waals surface area contributed by atoms with Crippen molar-refractivity contribution in [3.8, 4) is 17.3 Å². The Kier molecular flexibility index (Phi) is 5.83. The highest BCUT2D eigenvalue weighted by molar-refractivity contribution is 7.99.